The summed E-state index contributed by atoms with van der Waals surface area (Å²) in [4.78, 5) is 0. The lowest BCUT2D eigenvalue weighted by molar-refractivity contribution is 0.477. The Hall–Kier alpha value is -3.52. The molecule has 4 rings (SSSR count). The summed E-state index contributed by atoms with van der Waals surface area (Å²) in [6.45, 7) is 2.20. The van der Waals surface area contributed by atoms with Crippen LogP contribution in [-0.2, 0) is 0 Å². The largest absolute Gasteiger partial charge is 0.507 e. The van der Waals surface area contributed by atoms with Crippen molar-refractivity contribution in [2.24, 2.45) is 0 Å². The summed E-state index contributed by atoms with van der Waals surface area (Å²) in [5.41, 5.74) is 6.06. The zero-order valence-electron chi connectivity index (χ0n) is 17.8. The first kappa shape index (κ1) is 20.7. The zero-order valence-corrected chi connectivity index (χ0v) is 17.8. The molecule has 0 saturated heterocycles. The van der Waals surface area contributed by atoms with Crippen LogP contribution in [0.5, 0.6) is 11.5 Å². The number of phenols is 2. The van der Waals surface area contributed by atoms with Crippen LogP contribution in [0.15, 0.2) is 97.1 Å². The lowest BCUT2D eigenvalue weighted by Gasteiger charge is -2.21. The number of hydrogen-bond acceptors (Lipinski definition) is 2. The molecule has 0 fully saturated rings. The molecule has 0 heterocycles. The van der Waals surface area contributed by atoms with E-state index in [0.29, 0.717) is 11.5 Å². The molecule has 31 heavy (non-hydrogen) atoms. The van der Waals surface area contributed by atoms with Gasteiger partial charge in [0.1, 0.15) is 11.5 Å². The van der Waals surface area contributed by atoms with Crippen molar-refractivity contribution in [1.82, 2.24) is 0 Å². The van der Waals surface area contributed by atoms with E-state index in [2.05, 4.69) is 19.1 Å². The van der Waals surface area contributed by atoms with Gasteiger partial charge in [0.05, 0.1) is 0 Å². The Morgan fingerprint density at radius 2 is 1.06 bits per heavy atom. The van der Waals surface area contributed by atoms with E-state index in [-0.39, 0.29) is 5.92 Å². The molecule has 2 nitrogen and oxygen atoms in total. The fourth-order valence-corrected chi connectivity index (χ4v) is 4.17. The Labute approximate surface area is 184 Å². The SMILES string of the molecule is CCCCC(c1ccc(O)c(-c2ccccc2)c1)c1ccc(O)c(-c2ccccc2)c1. The monoisotopic (exact) mass is 408 g/mol. The van der Waals surface area contributed by atoms with E-state index in [4.69, 9.17) is 0 Å². The summed E-state index contributed by atoms with van der Waals surface area (Å²) in [7, 11) is 0. The van der Waals surface area contributed by atoms with E-state index in [1.165, 1.54) is 11.1 Å². The van der Waals surface area contributed by atoms with Crippen LogP contribution >= 0.6 is 0 Å². The lowest BCUT2D eigenvalue weighted by atomic mass is 9.84. The van der Waals surface area contributed by atoms with Crippen molar-refractivity contribution >= 4 is 0 Å². The van der Waals surface area contributed by atoms with Crippen LogP contribution in [0.25, 0.3) is 22.3 Å². The molecule has 2 heteroatoms. The van der Waals surface area contributed by atoms with Crippen molar-refractivity contribution in [2.45, 2.75) is 32.1 Å². The van der Waals surface area contributed by atoms with E-state index < -0.39 is 0 Å². The van der Waals surface area contributed by atoms with Crippen LogP contribution in [-0.4, -0.2) is 10.2 Å². The molecule has 156 valence electrons. The number of benzene rings is 4. The smallest absolute Gasteiger partial charge is 0.123 e. The number of unbranched alkanes of at least 4 members (excludes halogenated alkanes) is 1. The summed E-state index contributed by atoms with van der Waals surface area (Å²) in [5.74, 6) is 0.769. The van der Waals surface area contributed by atoms with Gasteiger partial charge in [0.15, 0.2) is 0 Å². The highest BCUT2D eigenvalue weighted by Gasteiger charge is 2.18. The average molecular weight is 409 g/mol. The normalized spacial score (nSPS) is 11.0. The molecule has 0 radical (unpaired) electrons. The first-order valence-corrected chi connectivity index (χ1v) is 10.9. The number of aromatic hydroxyl groups is 2. The maximum atomic E-state index is 10.5. The first-order valence-electron chi connectivity index (χ1n) is 10.9. The second kappa shape index (κ2) is 9.53. The zero-order chi connectivity index (χ0) is 21.6. The van der Waals surface area contributed by atoms with E-state index in [9.17, 15) is 10.2 Å². The molecule has 2 N–H and O–H groups in total. The predicted octanol–water partition coefficient (Wildman–Crippen LogP) is 7.75. The highest BCUT2D eigenvalue weighted by Crippen LogP contribution is 2.39. The van der Waals surface area contributed by atoms with Gasteiger partial charge in [-0.1, -0.05) is 92.6 Å². The Bertz CT molecular complexity index is 1050. The van der Waals surface area contributed by atoms with Gasteiger partial charge in [-0.05, 0) is 52.9 Å². The van der Waals surface area contributed by atoms with Gasteiger partial charge < -0.3 is 10.2 Å². The van der Waals surface area contributed by atoms with Gasteiger partial charge in [0.25, 0.3) is 0 Å². The summed E-state index contributed by atoms with van der Waals surface area (Å²) in [6, 6.07) is 31.9. The van der Waals surface area contributed by atoms with Crippen molar-refractivity contribution < 1.29 is 10.2 Å². The molecule has 4 aromatic carbocycles. The Morgan fingerprint density at radius 1 is 0.613 bits per heavy atom. The standard InChI is InChI=1S/C29H28O2/c1-2-3-14-25(23-15-17-28(30)26(19-23)21-10-6-4-7-11-21)24-16-18-29(31)27(20-24)22-12-8-5-9-13-22/h4-13,15-20,25,30-31H,2-3,14H2,1H3. The fraction of sp³-hybridized carbons (Fsp3) is 0.172. The molecule has 0 aromatic heterocycles. The van der Waals surface area contributed by atoms with E-state index in [0.717, 1.165) is 41.5 Å². The summed E-state index contributed by atoms with van der Waals surface area (Å²) < 4.78 is 0. The minimum absolute atomic E-state index is 0.186. The maximum Gasteiger partial charge on any atom is 0.123 e. The molecule has 0 amide bonds. The molecule has 0 atom stereocenters. The quantitative estimate of drug-likeness (QED) is 0.328. The van der Waals surface area contributed by atoms with Crippen molar-refractivity contribution in [2.75, 3.05) is 0 Å². The topological polar surface area (TPSA) is 40.5 Å². The predicted molar refractivity (Wildman–Crippen MR) is 128 cm³/mol. The van der Waals surface area contributed by atoms with Gasteiger partial charge in [-0.2, -0.15) is 0 Å². The molecule has 0 aliphatic rings. The number of rotatable bonds is 7. The van der Waals surface area contributed by atoms with Crippen molar-refractivity contribution in [3.05, 3.63) is 108 Å². The Kier molecular flexibility index (Phi) is 6.37. The summed E-state index contributed by atoms with van der Waals surface area (Å²) in [6.07, 6.45) is 3.23. The van der Waals surface area contributed by atoms with Crippen LogP contribution in [0.1, 0.15) is 43.2 Å². The summed E-state index contributed by atoms with van der Waals surface area (Å²) in [5, 5.41) is 21.0. The van der Waals surface area contributed by atoms with E-state index >= 15 is 0 Å². The van der Waals surface area contributed by atoms with Crippen molar-refractivity contribution in [1.29, 1.82) is 0 Å². The lowest BCUT2D eigenvalue weighted by Crippen LogP contribution is -2.02. The van der Waals surface area contributed by atoms with Gasteiger partial charge in [-0.25, -0.2) is 0 Å². The molecule has 0 unspecified atom stereocenters. The molecular formula is C29H28O2. The second-order valence-electron chi connectivity index (χ2n) is 7.98. The van der Waals surface area contributed by atoms with Gasteiger partial charge in [0.2, 0.25) is 0 Å². The van der Waals surface area contributed by atoms with Crippen LogP contribution in [0.2, 0.25) is 0 Å². The maximum absolute atomic E-state index is 10.5. The van der Waals surface area contributed by atoms with E-state index in [1.807, 2.05) is 72.8 Å². The average Bonchev–Trinajstić information content (AvgIpc) is 2.82. The number of phenolic OH excluding ortho intramolecular Hbond substituents is 2. The molecular weight excluding hydrogens is 380 g/mol. The number of hydrogen-bond donors (Lipinski definition) is 2. The molecule has 4 aromatic rings. The Morgan fingerprint density at radius 3 is 1.48 bits per heavy atom. The van der Waals surface area contributed by atoms with Gasteiger partial charge >= 0.3 is 0 Å². The van der Waals surface area contributed by atoms with Crippen molar-refractivity contribution in [3.63, 3.8) is 0 Å². The van der Waals surface area contributed by atoms with E-state index in [1.54, 1.807) is 12.1 Å². The van der Waals surface area contributed by atoms with Gasteiger partial charge in [-0.3, -0.25) is 0 Å². The van der Waals surface area contributed by atoms with Gasteiger partial charge in [0, 0.05) is 17.0 Å². The third-order valence-electron chi connectivity index (χ3n) is 5.86. The molecule has 0 saturated carbocycles. The van der Waals surface area contributed by atoms with Crippen LogP contribution in [0.4, 0.5) is 0 Å². The van der Waals surface area contributed by atoms with Crippen LogP contribution < -0.4 is 0 Å². The fourth-order valence-electron chi connectivity index (χ4n) is 4.17. The Balaban J connectivity index is 1.79. The highest BCUT2D eigenvalue weighted by atomic mass is 16.3. The highest BCUT2D eigenvalue weighted by molar-refractivity contribution is 5.73. The van der Waals surface area contributed by atoms with Gasteiger partial charge in [-0.15, -0.1) is 0 Å². The minimum Gasteiger partial charge on any atom is -0.507 e. The molecule has 0 bridgehead atoms. The van der Waals surface area contributed by atoms with Crippen LogP contribution in [0.3, 0.4) is 0 Å². The minimum atomic E-state index is 0.186. The summed E-state index contributed by atoms with van der Waals surface area (Å²) >= 11 is 0. The first-order chi connectivity index (χ1) is 15.2. The van der Waals surface area contributed by atoms with Crippen LogP contribution in [0, 0.1) is 0 Å². The molecule has 0 aliphatic carbocycles. The second-order valence-corrected chi connectivity index (χ2v) is 7.98. The molecule has 0 aliphatic heterocycles. The third kappa shape index (κ3) is 4.64. The van der Waals surface area contributed by atoms with Crippen molar-refractivity contribution in [3.8, 4) is 33.8 Å². The third-order valence-corrected chi connectivity index (χ3v) is 5.86. The molecule has 0 spiro atoms.